The van der Waals surface area contributed by atoms with E-state index in [-0.39, 0.29) is 11.4 Å². The Balaban J connectivity index is 3.13. The molecule has 0 unspecified atom stereocenters. The number of rotatable bonds is 4. The molecule has 0 atom stereocenters. The van der Waals surface area contributed by atoms with Crippen LogP contribution in [0.5, 0.6) is 0 Å². The van der Waals surface area contributed by atoms with Gasteiger partial charge in [0.1, 0.15) is 5.44 Å². The number of hydrogen-bond donors (Lipinski definition) is 2. The molecule has 5 heteroatoms. The predicted octanol–water partition coefficient (Wildman–Crippen LogP) is 2.80. The molecule has 0 fully saturated rings. The molecule has 0 aliphatic heterocycles. The Bertz CT molecular complexity index is 436. The Labute approximate surface area is 102 Å². The summed E-state index contributed by atoms with van der Waals surface area (Å²) in [6, 6.07) is 9.14. The van der Waals surface area contributed by atoms with E-state index in [9.17, 15) is 14.4 Å². The molecule has 0 aromatic heterocycles. The Morgan fingerprint density at radius 2 is 1.82 bits per heavy atom. The first kappa shape index (κ1) is 14.0. The van der Waals surface area contributed by atoms with Crippen molar-refractivity contribution < 1.29 is 14.4 Å². The average Bonchev–Trinajstić information content (AvgIpc) is 2.24. The molecule has 0 radical (unpaired) electrons. The SMILES string of the molecule is CC(C)C=C(N(C)c1ccccc1)P(=O)(O)O. The molecular weight excluding hydrogens is 237 g/mol. The fourth-order valence-corrected chi connectivity index (χ4v) is 2.48. The van der Waals surface area contributed by atoms with Crippen molar-refractivity contribution in [3.8, 4) is 0 Å². The van der Waals surface area contributed by atoms with E-state index in [1.807, 2.05) is 44.2 Å². The van der Waals surface area contributed by atoms with Gasteiger partial charge in [0.25, 0.3) is 0 Å². The Hall–Kier alpha value is -1.09. The second-order valence-electron chi connectivity index (χ2n) is 4.21. The molecule has 2 N–H and O–H groups in total. The molecule has 94 valence electrons. The lowest BCUT2D eigenvalue weighted by atomic mass is 10.2. The summed E-state index contributed by atoms with van der Waals surface area (Å²) in [5, 5.41) is 0. The van der Waals surface area contributed by atoms with Gasteiger partial charge in [0.2, 0.25) is 0 Å². The lowest BCUT2D eigenvalue weighted by Gasteiger charge is -2.24. The van der Waals surface area contributed by atoms with Gasteiger partial charge in [0, 0.05) is 12.7 Å². The van der Waals surface area contributed by atoms with E-state index in [0.29, 0.717) is 0 Å². The van der Waals surface area contributed by atoms with Gasteiger partial charge in [0.05, 0.1) is 0 Å². The fraction of sp³-hybridized carbons (Fsp3) is 0.333. The molecule has 0 saturated heterocycles. The van der Waals surface area contributed by atoms with E-state index in [1.165, 1.54) is 4.90 Å². The first-order chi connectivity index (χ1) is 7.82. The minimum absolute atomic E-state index is 0.0405. The maximum atomic E-state index is 11.5. The van der Waals surface area contributed by atoms with Crippen molar-refractivity contribution in [1.82, 2.24) is 0 Å². The third-order valence-electron chi connectivity index (χ3n) is 2.27. The highest BCUT2D eigenvalue weighted by Crippen LogP contribution is 2.47. The minimum Gasteiger partial charge on any atom is -0.338 e. The van der Waals surface area contributed by atoms with E-state index in [0.717, 1.165) is 5.69 Å². The van der Waals surface area contributed by atoms with E-state index in [2.05, 4.69) is 0 Å². The molecule has 4 nitrogen and oxygen atoms in total. The van der Waals surface area contributed by atoms with Crippen molar-refractivity contribution in [2.45, 2.75) is 13.8 Å². The second-order valence-corrected chi connectivity index (χ2v) is 5.75. The summed E-state index contributed by atoms with van der Waals surface area (Å²) in [6.45, 7) is 3.77. The van der Waals surface area contributed by atoms with Crippen LogP contribution in [0.4, 0.5) is 5.69 Å². The maximum Gasteiger partial charge on any atom is 0.372 e. The second kappa shape index (κ2) is 5.50. The third kappa shape index (κ3) is 4.00. The highest BCUT2D eigenvalue weighted by molar-refractivity contribution is 7.56. The molecule has 17 heavy (non-hydrogen) atoms. The largest absolute Gasteiger partial charge is 0.372 e. The third-order valence-corrected chi connectivity index (χ3v) is 3.31. The Morgan fingerprint density at radius 3 is 2.24 bits per heavy atom. The smallest absolute Gasteiger partial charge is 0.338 e. The lowest BCUT2D eigenvalue weighted by Crippen LogP contribution is -2.17. The monoisotopic (exact) mass is 255 g/mol. The summed E-state index contributed by atoms with van der Waals surface area (Å²) in [5.41, 5.74) is 0.793. The summed E-state index contributed by atoms with van der Waals surface area (Å²) in [4.78, 5) is 20.2. The minimum atomic E-state index is -4.26. The number of benzene rings is 1. The fourth-order valence-electron chi connectivity index (χ4n) is 1.49. The Morgan fingerprint density at radius 1 is 1.29 bits per heavy atom. The van der Waals surface area contributed by atoms with Gasteiger partial charge >= 0.3 is 7.60 Å². The summed E-state index contributed by atoms with van der Waals surface area (Å²) in [5.74, 6) is 0.0730. The molecule has 0 saturated carbocycles. The van der Waals surface area contributed by atoms with Crippen LogP contribution in [-0.4, -0.2) is 16.8 Å². The first-order valence-electron chi connectivity index (χ1n) is 5.39. The quantitative estimate of drug-likeness (QED) is 0.812. The topological polar surface area (TPSA) is 60.8 Å². The van der Waals surface area contributed by atoms with E-state index < -0.39 is 7.60 Å². The lowest BCUT2D eigenvalue weighted by molar-refractivity contribution is 0.380. The predicted molar refractivity (Wildman–Crippen MR) is 69.8 cm³/mol. The van der Waals surface area contributed by atoms with Crippen molar-refractivity contribution in [3.05, 3.63) is 41.8 Å². The number of allylic oxidation sites excluding steroid dienone is 1. The molecule has 1 aromatic rings. The zero-order valence-corrected chi connectivity index (χ0v) is 11.1. The summed E-state index contributed by atoms with van der Waals surface area (Å²) < 4.78 is 11.5. The zero-order valence-electron chi connectivity index (χ0n) is 10.2. The van der Waals surface area contributed by atoms with Crippen LogP contribution in [0.1, 0.15) is 13.8 Å². The molecule has 1 aromatic carbocycles. The highest BCUT2D eigenvalue weighted by atomic mass is 31.2. The maximum absolute atomic E-state index is 11.5. The average molecular weight is 255 g/mol. The molecule has 0 bridgehead atoms. The van der Waals surface area contributed by atoms with Crippen LogP contribution in [0.2, 0.25) is 0 Å². The molecule has 0 aliphatic rings. The van der Waals surface area contributed by atoms with Crippen molar-refractivity contribution in [2.75, 3.05) is 11.9 Å². The van der Waals surface area contributed by atoms with Crippen molar-refractivity contribution in [1.29, 1.82) is 0 Å². The van der Waals surface area contributed by atoms with Gasteiger partial charge in [0.15, 0.2) is 0 Å². The van der Waals surface area contributed by atoms with Crippen molar-refractivity contribution in [3.63, 3.8) is 0 Å². The molecule has 0 heterocycles. The van der Waals surface area contributed by atoms with E-state index in [4.69, 9.17) is 0 Å². The highest BCUT2D eigenvalue weighted by Gasteiger charge is 2.25. The van der Waals surface area contributed by atoms with Crippen LogP contribution in [0, 0.1) is 5.92 Å². The van der Waals surface area contributed by atoms with Crippen LogP contribution >= 0.6 is 7.60 Å². The van der Waals surface area contributed by atoms with Gasteiger partial charge in [-0.1, -0.05) is 32.0 Å². The molecular formula is C12H18NO3P. The van der Waals surface area contributed by atoms with Crippen LogP contribution in [0.3, 0.4) is 0 Å². The van der Waals surface area contributed by atoms with Gasteiger partial charge in [-0.05, 0) is 24.1 Å². The standard InChI is InChI=1S/C12H18NO3P/c1-10(2)9-12(17(14,15)16)13(3)11-7-5-4-6-8-11/h4-10H,1-3H3,(H2,14,15,16). The summed E-state index contributed by atoms with van der Waals surface area (Å²) >= 11 is 0. The van der Waals surface area contributed by atoms with Crippen molar-refractivity contribution in [2.24, 2.45) is 5.92 Å². The zero-order chi connectivity index (χ0) is 13.1. The van der Waals surface area contributed by atoms with Crippen molar-refractivity contribution >= 4 is 13.3 Å². The number of anilines is 1. The van der Waals surface area contributed by atoms with Crippen LogP contribution in [0.15, 0.2) is 41.8 Å². The van der Waals surface area contributed by atoms with Crippen LogP contribution in [0.25, 0.3) is 0 Å². The number of hydrogen-bond acceptors (Lipinski definition) is 2. The molecule has 0 amide bonds. The number of nitrogens with zero attached hydrogens (tertiary/aromatic N) is 1. The van der Waals surface area contributed by atoms with E-state index in [1.54, 1.807) is 13.1 Å². The van der Waals surface area contributed by atoms with Gasteiger partial charge in [-0.25, -0.2) is 0 Å². The summed E-state index contributed by atoms with van der Waals surface area (Å²) in [6.07, 6.45) is 1.59. The molecule has 0 spiro atoms. The van der Waals surface area contributed by atoms with Gasteiger partial charge in [-0.3, -0.25) is 4.57 Å². The first-order valence-corrected chi connectivity index (χ1v) is 7.00. The van der Waals surface area contributed by atoms with Gasteiger partial charge < -0.3 is 14.7 Å². The molecule has 1 rings (SSSR count). The van der Waals surface area contributed by atoms with Gasteiger partial charge in [-0.2, -0.15) is 0 Å². The molecule has 0 aliphatic carbocycles. The van der Waals surface area contributed by atoms with Gasteiger partial charge in [-0.15, -0.1) is 0 Å². The number of para-hydroxylation sites is 1. The Kier molecular flexibility index (Phi) is 4.52. The van der Waals surface area contributed by atoms with E-state index >= 15 is 0 Å². The summed E-state index contributed by atoms with van der Waals surface area (Å²) in [7, 11) is -2.61. The van der Waals surface area contributed by atoms with Crippen LogP contribution in [-0.2, 0) is 4.57 Å². The normalized spacial score (nSPS) is 12.9. The van der Waals surface area contributed by atoms with Crippen LogP contribution < -0.4 is 4.90 Å².